The van der Waals surface area contributed by atoms with Crippen molar-refractivity contribution in [2.45, 2.75) is 6.17 Å². The van der Waals surface area contributed by atoms with Gasteiger partial charge in [-0.05, 0) is 18.2 Å². The molecular formula is C14H11FN2O. The van der Waals surface area contributed by atoms with Crippen LogP contribution in [0.25, 0.3) is 0 Å². The van der Waals surface area contributed by atoms with Crippen molar-refractivity contribution in [3.63, 3.8) is 0 Å². The summed E-state index contributed by atoms with van der Waals surface area (Å²) in [5.41, 5.74) is 1.72. The fraction of sp³-hybridized carbons (Fsp3) is 0.0714. The highest BCUT2D eigenvalue weighted by Gasteiger charge is 2.25. The van der Waals surface area contributed by atoms with Crippen LogP contribution in [0.5, 0.6) is 0 Å². The lowest BCUT2D eigenvalue weighted by Gasteiger charge is -2.28. The third-order valence-electron chi connectivity index (χ3n) is 2.96. The summed E-state index contributed by atoms with van der Waals surface area (Å²) in [6.07, 6.45) is -0.534. The zero-order chi connectivity index (χ0) is 12.5. The first-order valence-corrected chi connectivity index (χ1v) is 5.66. The monoisotopic (exact) mass is 242 g/mol. The number of nitrogens with one attached hydrogen (secondary N) is 2. The molecule has 2 aromatic rings. The first-order valence-electron chi connectivity index (χ1n) is 5.66. The zero-order valence-electron chi connectivity index (χ0n) is 9.48. The summed E-state index contributed by atoms with van der Waals surface area (Å²) in [6.45, 7) is 0. The molecule has 0 bridgehead atoms. The van der Waals surface area contributed by atoms with E-state index in [0.29, 0.717) is 11.1 Å². The van der Waals surface area contributed by atoms with Crippen LogP contribution in [-0.4, -0.2) is 5.91 Å². The minimum atomic E-state index is -0.534. The van der Waals surface area contributed by atoms with E-state index in [1.54, 1.807) is 30.3 Å². The van der Waals surface area contributed by atoms with Gasteiger partial charge < -0.3 is 10.6 Å². The smallest absolute Gasteiger partial charge is 0.255 e. The van der Waals surface area contributed by atoms with Gasteiger partial charge in [0.05, 0.1) is 5.56 Å². The van der Waals surface area contributed by atoms with Gasteiger partial charge in [-0.3, -0.25) is 4.79 Å². The molecule has 1 aliphatic heterocycles. The molecule has 1 atom stereocenters. The number of hydrogen-bond acceptors (Lipinski definition) is 2. The van der Waals surface area contributed by atoms with Crippen LogP contribution in [0.4, 0.5) is 10.1 Å². The molecule has 0 radical (unpaired) electrons. The van der Waals surface area contributed by atoms with E-state index in [0.717, 1.165) is 5.69 Å². The second kappa shape index (κ2) is 4.14. The molecule has 3 nitrogen and oxygen atoms in total. The molecule has 2 N–H and O–H groups in total. The lowest BCUT2D eigenvalue weighted by atomic mass is 10.1. The van der Waals surface area contributed by atoms with Crippen molar-refractivity contribution in [1.82, 2.24) is 5.32 Å². The zero-order valence-corrected chi connectivity index (χ0v) is 9.48. The molecule has 0 saturated heterocycles. The summed E-state index contributed by atoms with van der Waals surface area (Å²) < 4.78 is 13.7. The molecule has 1 heterocycles. The number of rotatable bonds is 1. The highest BCUT2D eigenvalue weighted by atomic mass is 19.1. The summed E-state index contributed by atoms with van der Waals surface area (Å²) in [5, 5.41) is 5.85. The Hall–Kier alpha value is -2.36. The Kier molecular flexibility index (Phi) is 2.48. The summed E-state index contributed by atoms with van der Waals surface area (Å²) in [6, 6.07) is 13.6. The number of amides is 1. The standard InChI is InChI=1S/C14H11FN2O/c15-11-7-3-1-5-9(11)13-16-12-8-4-2-6-10(12)14(18)17-13/h1-8,13,16H,(H,17,18)/t13-/m1/s1. The van der Waals surface area contributed by atoms with E-state index < -0.39 is 6.17 Å². The molecule has 4 heteroatoms. The number of carbonyl (C=O) groups excluding carboxylic acids is 1. The number of para-hydroxylation sites is 1. The van der Waals surface area contributed by atoms with Crippen LogP contribution in [0.3, 0.4) is 0 Å². The Morgan fingerprint density at radius 1 is 0.944 bits per heavy atom. The Balaban J connectivity index is 2.00. The van der Waals surface area contributed by atoms with Crippen molar-refractivity contribution in [3.8, 4) is 0 Å². The fourth-order valence-corrected chi connectivity index (χ4v) is 2.07. The van der Waals surface area contributed by atoms with Crippen molar-refractivity contribution in [1.29, 1.82) is 0 Å². The normalized spacial score (nSPS) is 17.6. The molecule has 90 valence electrons. The molecule has 0 unspecified atom stereocenters. The molecule has 0 spiro atoms. The Bertz CT molecular complexity index is 612. The van der Waals surface area contributed by atoms with Crippen LogP contribution in [0.2, 0.25) is 0 Å². The molecule has 1 aliphatic rings. The quantitative estimate of drug-likeness (QED) is 0.807. The van der Waals surface area contributed by atoms with Gasteiger partial charge in [-0.15, -0.1) is 0 Å². The van der Waals surface area contributed by atoms with Gasteiger partial charge in [0.2, 0.25) is 0 Å². The second-order valence-electron chi connectivity index (χ2n) is 4.12. The van der Waals surface area contributed by atoms with E-state index in [4.69, 9.17) is 0 Å². The van der Waals surface area contributed by atoms with Crippen molar-refractivity contribution in [3.05, 3.63) is 65.5 Å². The van der Waals surface area contributed by atoms with Gasteiger partial charge in [0.1, 0.15) is 12.0 Å². The molecule has 0 aliphatic carbocycles. The van der Waals surface area contributed by atoms with Crippen LogP contribution in [0.1, 0.15) is 22.1 Å². The minimum Gasteiger partial charge on any atom is -0.361 e. The Morgan fingerprint density at radius 3 is 2.50 bits per heavy atom. The van der Waals surface area contributed by atoms with Gasteiger partial charge in [0, 0.05) is 11.3 Å². The molecule has 18 heavy (non-hydrogen) atoms. The number of fused-ring (bicyclic) bond motifs is 1. The van der Waals surface area contributed by atoms with Crippen molar-refractivity contribution >= 4 is 11.6 Å². The van der Waals surface area contributed by atoms with Crippen LogP contribution in [-0.2, 0) is 0 Å². The minimum absolute atomic E-state index is 0.197. The molecule has 1 amide bonds. The maximum absolute atomic E-state index is 13.7. The summed E-state index contributed by atoms with van der Waals surface area (Å²) in [4.78, 5) is 11.9. The number of benzene rings is 2. The third kappa shape index (κ3) is 1.72. The van der Waals surface area contributed by atoms with Crippen molar-refractivity contribution < 1.29 is 9.18 Å². The van der Waals surface area contributed by atoms with Gasteiger partial charge in [-0.25, -0.2) is 4.39 Å². The van der Waals surface area contributed by atoms with Gasteiger partial charge in [0.25, 0.3) is 5.91 Å². The maximum atomic E-state index is 13.7. The first kappa shape index (κ1) is 10.8. The van der Waals surface area contributed by atoms with Crippen molar-refractivity contribution in [2.24, 2.45) is 0 Å². The van der Waals surface area contributed by atoms with E-state index >= 15 is 0 Å². The van der Waals surface area contributed by atoms with Gasteiger partial charge in [-0.1, -0.05) is 30.3 Å². The van der Waals surface area contributed by atoms with E-state index in [1.807, 2.05) is 12.1 Å². The SMILES string of the molecule is O=C1N[C@H](c2ccccc2F)Nc2ccccc21. The van der Waals surface area contributed by atoms with Crippen molar-refractivity contribution in [2.75, 3.05) is 5.32 Å². The Labute approximate surface area is 104 Å². The molecule has 0 aromatic heterocycles. The third-order valence-corrected chi connectivity index (χ3v) is 2.96. The van der Waals surface area contributed by atoms with Gasteiger partial charge >= 0.3 is 0 Å². The number of anilines is 1. The fourth-order valence-electron chi connectivity index (χ4n) is 2.07. The molecular weight excluding hydrogens is 231 g/mol. The predicted molar refractivity (Wildman–Crippen MR) is 66.7 cm³/mol. The average molecular weight is 242 g/mol. The molecule has 0 saturated carbocycles. The number of carbonyl (C=O) groups is 1. The predicted octanol–water partition coefficient (Wildman–Crippen LogP) is 2.68. The highest BCUT2D eigenvalue weighted by molar-refractivity contribution is 6.01. The van der Waals surface area contributed by atoms with E-state index in [9.17, 15) is 9.18 Å². The second-order valence-corrected chi connectivity index (χ2v) is 4.12. The highest BCUT2D eigenvalue weighted by Crippen LogP contribution is 2.27. The summed E-state index contributed by atoms with van der Waals surface area (Å²) in [7, 11) is 0. The van der Waals surface area contributed by atoms with Gasteiger partial charge in [-0.2, -0.15) is 0 Å². The van der Waals surface area contributed by atoms with Gasteiger partial charge in [0.15, 0.2) is 0 Å². The summed E-state index contributed by atoms with van der Waals surface area (Å²) >= 11 is 0. The lowest BCUT2D eigenvalue weighted by molar-refractivity contribution is 0.0935. The maximum Gasteiger partial charge on any atom is 0.255 e. The van der Waals surface area contributed by atoms with E-state index in [2.05, 4.69) is 10.6 Å². The number of halogens is 1. The van der Waals surface area contributed by atoms with Crippen LogP contribution in [0, 0.1) is 5.82 Å². The molecule has 0 fully saturated rings. The summed E-state index contributed by atoms with van der Waals surface area (Å²) in [5.74, 6) is -0.535. The van der Waals surface area contributed by atoms with Crippen LogP contribution < -0.4 is 10.6 Å². The van der Waals surface area contributed by atoms with E-state index in [-0.39, 0.29) is 11.7 Å². The Morgan fingerprint density at radius 2 is 1.67 bits per heavy atom. The number of hydrogen-bond donors (Lipinski definition) is 2. The lowest BCUT2D eigenvalue weighted by Crippen LogP contribution is -2.38. The van der Waals surface area contributed by atoms with Crippen LogP contribution in [0.15, 0.2) is 48.5 Å². The first-order chi connectivity index (χ1) is 8.75. The molecule has 2 aromatic carbocycles. The topological polar surface area (TPSA) is 41.1 Å². The van der Waals surface area contributed by atoms with Crippen LogP contribution >= 0.6 is 0 Å². The molecule has 3 rings (SSSR count). The van der Waals surface area contributed by atoms with E-state index in [1.165, 1.54) is 6.07 Å². The average Bonchev–Trinajstić information content (AvgIpc) is 2.39. The largest absolute Gasteiger partial charge is 0.361 e.